The van der Waals surface area contributed by atoms with E-state index in [1.165, 1.54) is 52.8 Å². The van der Waals surface area contributed by atoms with Gasteiger partial charge in [-0.15, -0.1) is 11.3 Å². The van der Waals surface area contributed by atoms with Crippen LogP contribution in [0.2, 0.25) is 0 Å². The van der Waals surface area contributed by atoms with Gasteiger partial charge in [0.1, 0.15) is 0 Å². The number of fused-ring (bicyclic) bond motifs is 6. The highest BCUT2D eigenvalue weighted by atomic mass is 32.2. The molecule has 198 valence electrons. The van der Waals surface area contributed by atoms with Crippen molar-refractivity contribution >= 4 is 76.6 Å². The summed E-state index contributed by atoms with van der Waals surface area (Å²) < 4.78 is 33.5. The Labute approximate surface area is 237 Å². The summed E-state index contributed by atoms with van der Waals surface area (Å²) in [6, 6.07) is 25.6. The molecule has 0 spiro atoms. The standard InChI is InChI=1S/C32H29NO3S3/c1-3-21(20-30-33(2)32-25-12-7-5-10-23(25)15-17-28(32)38-30)19-29-26(13-8-18-39(34,35)36)31-24-11-6-4-9-22(24)14-16-27(31)37-29/h4-7,9-12,14-17,19-20H,3,8,13,18H2,1-2H3,(H,34,35,36)/b21-19-,30-20+. The van der Waals surface area contributed by atoms with Crippen molar-refractivity contribution in [3.8, 4) is 0 Å². The van der Waals surface area contributed by atoms with Gasteiger partial charge in [0.2, 0.25) is 0 Å². The van der Waals surface area contributed by atoms with Gasteiger partial charge in [0, 0.05) is 32.3 Å². The van der Waals surface area contributed by atoms with Gasteiger partial charge in [0.05, 0.1) is 16.5 Å². The van der Waals surface area contributed by atoms with E-state index in [4.69, 9.17) is 0 Å². The second kappa shape index (κ2) is 10.5. The van der Waals surface area contributed by atoms with Crippen LogP contribution in [0.3, 0.4) is 0 Å². The zero-order valence-corrected chi connectivity index (χ0v) is 24.3. The first-order chi connectivity index (χ1) is 18.8. The maximum Gasteiger partial charge on any atom is 0.264 e. The molecule has 0 saturated heterocycles. The first-order valence-electron chi connectivity index (χ1n) is 13.1. The monoisotopic (exact) mass is 571 g/mol. The molecule has 7 heteroatoms. The topological polar surface area (TPSA) is 57.6 Å². The van der Waals surface area contributed by atoms with E-state index in [1.54, 1.807) is 23.1 Å². The highest BCUT2D eigenvalue weighted by Crippen LogP contribution is 2.49. The van der Waals surface area contributed by atoms with Crippen molar-refractivity contribution in [2.75, 3.05) is 17.7 Å². The highest BCUT2D eigenvalue weighted by Gasteiger charge is 2.24. The van der Waals surface area contributed by atoms with Gasteiger partial charge in [0.25, 0.3) is 10.1 Å². The lowest BCUT2D eigenvalue weighted by molar-refractivity contribution is 0.481. The maximum absolute atomic E-state index is 11.5. The molecule has 2 heterocycles. The number of aryl methyl sites for hydroxylation is 1. The predicted molar refractivity (Wildman–Crippen MR) is 169 cm³/mol. The van der Waals surface area contributed by atoms with Gasteiger partial charge in [-0.1, -0.05) is 79.3 Å². The fraction of sp³-hybridized carbons (Fsp3) is 0.188. The molecular weight excluding hydrogens is 543 g/mol. The van der Waals surface area contributed by atoms with Crippen molar-refractivity contribution in [3.05, 3.63) is 99.9 Å². The molecule has 5 aromatic rings. The number of hydrogen-bond acceptors (Lipinski definition) is 5. The molecule has 0 atom stereocenters. The predicted octanol–water partition coefficient (Wildman–Crippen LogP) is 8.90. The summed E-state index contributed by atoms with van der Waals surface area (Å²) in [5.41, 5.74) is 3.62. The molecule has 6 rings (SSSR count). The molecule has 1 aromatic heterocycles. The second-order valence-electron chi connectivity index (χ2n) is 9.84. The van der Waals surface area contributed by atoms with Gasteiger partial charge in [-0.25, -0.2) is 0 Å². The molecule has 4 nitrogen and oxygen atoms in total. The fourth-order valence-corrected chi connectivity index (χ4v) is 8.30. The number of nitrogens with zero attached hydrogens (tertiary/aromatic N) is 1. The van der Waals surface area contributed by atoms with Crippen LogP contribution in [0.1, 0.15) is 30.2 Å². The first kappa shape index (κ1) is 26.1. The molecule has 0 unspecified atom stereocenters. The third kappa shape index (κ3) is 5.12. The Morgan fingerprint density at radius 2 is 1.64 bits per heavy atom. The Kier molecular flexibility index (Phi) is 7.02. The molecule has 1 aliphatic heterocycles. The van der Waals surface area contributed by atoms with Gasteiger partial charge >= 0.3 is 0 Å². The molecule has 0 amide bonds. The number of thioether (sulfide) groups is 1. The minimum Gasteiger partial charge on any atom is -0.338 e. The van der Waals surface area contributed by atoms with Crippen molar-refractivity contribution < 1.29 is 13.0 Å². The Bertz CT molecular complexity index is 1900. The van der Waals surface area contributed by atoms with Gasteiger partial charge in [0.15, 0.2) is 0 Å². The lowest BCUT2D eigenvalue weighted by Crippen LogP contribution is -2.10. The molecule has 0 fully saturated rings. The van der Waals surface area contributed by atoms with Crippen LogP contribution < -0.4 is 4.90 Å². The van der Waals surface area contributed by atoms with Gasteiger partial charge in [-0.05, 0) is 70.8 Å². The lowest BCUT2D eigenvalue weighted by Gasteiger charge is -2.16. The zero-order chi connectivity index (χ0) is 27.1. The van der Waals surface area contributed by atoms with E-state index in [0.29, 0.717) is 12.8 Å². The second-order valence-corrected chi connectivity index (χ2v) is 13.6. The molecule has 1 aliphatic rings. The normalized spacial score (nSPS) is 15.2. The summed E-state index contributed by atoms with van der Waals surface area (Å²) in [5.74, 6) is -0.239. The van der Waals surface area contributed by atoms with Crippen LogP contribution in [0.25, 0.3) is 37.7 Å². The van der Waals surface area contributed by atoms with Crippen LogP contribution in [-0.2, 0) is 16.5 Å². The van der Waals surface area contributed by atoms with E-state index in [0.717, 1.165) is 16.9 Å². The minimum atomic E-state index is -4.01. The quantitative estimate of drug-likeness (QED) is 0.198. The van der Waals surface area contributed by atoms with E-state index in [2.05, 4.69) is 91.7 Å². The van der Waals surface area contributed by atoms with Crippen LogP contribution >= 0.6 is 23.1 Å². The summed E-state index contributed by atoms with van der Waals surface area (Å²) in [6.07, 6.45) is 6.38. The van der Waals surface area contributed by atoms with E-state index in [1.807, 2.05) is 12.1 Å². The van der Waals surface area contributed by atoms with Gasteiger partial charge in [-0.2, -0.15) is 8.42 Å². The maximum atomic E-state index is 11.5. The average Bonchev–Trinajstić information content (AvgIpc) is 3.44. The zero-order valence-electron chi connectivity index (χ0n) is 21.8. The van der Waals surface area contributed by atoms with E-state index < -0.39 is 10.1 Å². The van der Waals surface area contributed by atoms with Crippen LogP contribution in [0.4, 0.5) is 5.69 Å². The van der Waals surface area contributed by atoms with Crippen LogP contribution in [0, 0.1) is 0 Å². The highest BCUT2D eigenvalue weighted by molar-refractivity contribution is 8.03. The fourth-order valence-electron chi connectivity index (χ4n) is 5.40. The minimum absolute atomic E-state index is 0.239. The average molecular weight is 572 g/mol. The SMILES string of the molecule is CCC(=C/c1sc2ccc3ccccc3c2c1CCCS(=O)(=O)O)/C=C1/Sc2ccc3ccccc3c2N1C. The molecule has 4 aromatic carbocycles. The number of thiophene rings is 1. The smallest absolute Gasteiger partial charge is 0.264 e. The van der Waals surface area contributed by atoms with Crippen molar-refractivity contribution in [3.63, 3.8) is 0 Å². The lowest BCUT2D eigenvalue weighted by atomic mass is 9.99. The Morgan fingerprint density at radius 3 is 2.38 bits per heavy atom. The Hall–Kier alpha value is -3.10. The summed E-state index contributed by atoms with van der Waals surface area (Å²) in [6.45, 7) is 2.17. The number of benzene rings is 4. The van der Waals surface area contributed by atoms with Gasteiger partial charge in [-0.3, -0.25) is 4.55 Å². The van der Waals surface area contributed by atoms with Crippen molar-refractivity contribution in [2.24, 2.45) is 0 Å². The molecule has 0 radical (unpaired) electrons. The van der Waals surface area contributed by atoms with E-state index >= 15 is 0 Å². The molecule has 0 aliphatic carbocycles. The number of anilines is 1. The largest absolute Gasteiger partial charge is 0.338 e. The van der Waals surface area contributed by atoms with Crippen LogP contribution in [-0.4, -0.2) is 25.8 Å². The molecular formula is C32H29NO3S3. The number of allylic oxidation sites excluding steroid dienone is 2. The number of rotatable bonds is 7. The molecule has 39 heavy (non-hydrogen) atoms. The molecule has 0 saturated carbocycles. The Balaban J connectivity index is 1.43. The van der Waals surface area contributed by atoms with E-state index in [9.17, 15) is 13.0 Å². The third-order valence-electron chi connectivity index (χ3n) is 7.32. The van der Waals surface area contributed by atoms with Crippen molar-refractivity contribution in [1.29, 1.82) is 0 Å². The molecule has 0 bridgehead atoms. The number of hydrogen-bond donors (Lipinski definition) is 1. The van der Waals surface area contributed by atoms with Crippen LogP contribution in [0.5, 0.6) is 0 Å². The Morgan fingerprint density at radius 1 is 0.949 bits per heavy atom. The summed E-state index contributed by atoms with van der Waals surface area (Å²) in [4.78, 5) is 4.70. The van der Waals surface area contributed by atoms with Gasteiger partial charge < -0.3 is 4.90 Å². The summed E-state index contributed by atoms with van der Waals surface area (Å²) in [7, 11) is -1.87. The molecule has 1 N–H and O–H groups in total. The van der Waals surface area contributed by atoms with Crippen molar-refractivity contribution in [2.45, 2.75) is 31.1 Å². The van der Waals surface area contributed by atoms with E-state index in [-0.39, 0.29) is 5.75 Å². The van der Waals surface area contributed by atoms with Crippen molar-refractivity contribution in [1.82, 2.24) is 0 Å². The first-order valence-corrected chi connectivity index (χ1v) is 16.3. The third-order valence-corrected chi connectivity index (χ3v) is 10.4. The van der Waals surface area contributed by atoms with Crippen LogP contribution in [0.15, 0.2) is 94.4 Å². The summed E-state index contributed by atoms with van der Waals surface area (Å²) in [5, 5.41) is 7.22. The summed E-state index contributed by atoms with van der Waals surface area (Å²) >= 11 is 3.55.